The average molecular weight is 909 g/mol. The van der Waals surface area contributed by atoms with Gasteiger partial charge in [0, 0.05) is 19.3 Å². The van der Waals surface area contributed by atoms with Gasteiger partial charge in [-0.2, -0.15) is 0 Å². The molecule has 0 spiro atoms. The van der Waals surface area contributed by atoms with Crippen molar-refractivity contribution in [1.82, 2.24) is 0 Å². The molecule has 0 radical (unpaired) electrons. The van der Waals surface area contributed by atoms with Crippen molar-refractivity contribution >= 4 is 17.9 Å². The second kappa shape index (κ2) is 52.9. The first kappa shape index (κ1) is 61.3. The number of rotatable bonds is 44. The quantitative estimate of drug-likeness (QED) is 0.0199. The van der Waals surface area contributed by atoms with Gasteiger partial charge in [0.05, 0.1) is 0 Å². The SMILES string of the molecule is CC/C=C\C/C=C\C/C=C\C/C=C\C/C=C\CCCCCC(=O)OCC(COC(=O)CCC/C=C\C/C=C\C/C=C\CC)OC(=O)CCCCCCC\C=C/C=C\C=C/C=C\CCCCC. The van der Waals surface area contributed by atoms with E-state index in [1.54, 1.807) is 0 Å². The molecule has 6 nitrogen and oxygen atoms in total. The summed E-state index contributed by atoms with van der Waals surface area (Å²) in [5.41, 5.74) is 0. The number of hydrogen-bond acceptors (Lipinski definition) is 6. The topological polar surface area (TPSA) is 78.9 Å². The lowest BCUT2D eigenvalue weighted by molar-refractivity contribution is -0.167. The maximum atomic E-state index is 12.8. The Morgan fingerprint density at radius 2 is 0.667 bits per heavy atom. The van der Waals surface area contributed by atoms with Crippen LogP contribution in [-0.4, -0.2) is 37.2 Å². The molecule has 0 N–H and O–H groups in total. The number of allylic oxidation sites excluding steroid dienone is 24. The molecule has 0 rings (SSSR count). The summed E-state index contributed by atoms with van der Waals surface area (Å²) in [7, 11) is 0. The summed E-state index contributed by atoms with van der Waals surface area (Å²) in [4.78, 5) is 38.0. The maximum absolute atomic E-state index is 12.8. The summed E-state index contributed by atoms with van der Waals surface area (Å²) in [6, 6.07) is 0. The van der Waals surface area contributed by atoms with Gasteiger partial charge in [-0.15, -0.1) is 0 Å². The predicted molar refractivity (Wildman–Crippen MR) is 283 cm³/mol. The molecule has 66 heavy (non-hydrogen) atoms. The van der Waals surface area contributed by atoms with Crippen LogP contribution in [0, 0.1) is 0 Å². The fraction of sp³-hybridized carbons (Fsp3) is 0.550. The third kappa shape index (κ3) is 50.3. The Morgan fingerprint density at radius 3 is 1.14 bits per heavy atom. The average Bonchev–Trinajstić information content (AvgIpc) is 3.31. The molecule has 6 heteroatoms. The van der Waals surface area contributed by atoms with Crippen molar-refractivity contribution in [3.05, 3.63) is 146 Å². The van der Waals surface area contributed by atoms with Crippen molar-refractivity contribution in [1.29, 1.82) is 0 Å². The van der Waals surface area contributed by atoms with E-state index in [1.165, 1.54) is 19.3 Å². The monoisotopic (exact) mass is 909 g/mol. The molecule has 1 unspecified atom stereocenters. The predicted octanol–water partition coefficient (Wildman–Crippen LogP) is 17.3. The van der Waals surface area contributed by atoms with Gasteiger partial charge in [0.25, 0.3) is 0 Å². The number of carbonyl (C=O) groups is 3. The second-order valence-corrected chi connectivity index (χ2v) is 16.4. The highest BCUT2D eigenvalue weighted by Crippen LogP contribution is 2.11. The molecule has 0 aromatic rings. The molecular formula is C60H92O6. The summed E-state index contributed by atoms with van der Waals surface area (Å²) >= 11 is 0. The second-order valence-electron chi connectivity index (χ2n) is 16.4. The van der Waals surface area contributed by atoms with Crippen molar-refractivity contribution in [2.75, 3.05) is 13.2 Å². The Morgan fingerprint density at radius 1 is 0.333 bits per heavy atom. The maximum Gasteiger partial charge on any atom is 0.306 e. The minimum absolute atomic E-state index is 0.127. The molecular weight excluding hydrogens is 817 g/mol. The lowest BCUT2D eigenvalue weighted by Crippen LogP contribution is -2.30. The Labute approximate surface area is 404 Å². The van der Waals surface area contributed by atoms with E-state index in [9.17, 15) is 14.4 Å². The largest absolute Gasteiger partial charge is 0.462 e. The third-order valence-corrected chi connectivity index (χ3v) is 10.2. The molecule has 0 heterocycles. The van der Waals surface area contributed by atoms with Crippen molar-refractivity contribution < 1.29 is 28.6 Å². The fourth-order valence-electron chi connectivity index (χ4n) is 6.33. The van der Waals surface area contributed by atoms with Crippen LogP contribution < -0.4 is 0 Å². The highest BCUT2D eigenvalue weighted by atomic mass is 16.6. The first-order valence-electron chi connectivity index (χ1n) is 25.9. The van der Waals surface area contributed by atoms with E-state index in [4.69, 9.17) is 14.2 Å². The van der Waals surface area contributed by atoms with Crippen molar-refractivity contribution in [3.8, 4) is 0 Å². The van der Waals surface area contributed by atoms with Crippen LogP contribution in [0.25, 0.3) is 0 Å². The molecule has 0 aliphatic rings. The molecule has 0 aromatic heterocycles. The normalized spacial score (nSPS) is 13.3. The van der Waals surface area contributed by atoms with E-state index in [-0.39, 0.29) is 44.0 Å². The third-order valence-electron chi connectivity index (χ3n) is 10.2. The van der Waals surface area contributed by atoms with Gasteiger partial charge in [-0.1, -0.05) is 205 Å². The lowest BCUT2D eigenvalue weighted by atomic mass is 10.1. The van der Waals surface area contributed by atoms with E-state index in [1.807, 2.05) is 0 Å². The zero-order chi connectivity index (χ0) is 47.9. The van der Waals surface area contributed by atoms with Gasteiger partial charge in [0.2, 0.25) is 0 Å². The zero-order valence-corrected chi connectivity index (χ0v) is 41.9. The van der Waals surface area contributed by atoms with Crippen molar-refractivity contribution in [2.24, 2.45) is 0 Å². The summed E-state index contributed by atoms with van der Waals surface area (Å²) < 4.78 is 16.7. The molecule has 368 valence electrons. The van der Waals surface area contributed by atoms with Gasteiger partial charge in [0.15, 0.2) is 6.10 Å². The van der Waals surface area contributed by atoms with Crippen molar-refractivity contribution in [2.45, 2.75) is 200 Å². The van der Waals surface area contributed by atoms with E-state index >= 15 is 0 Å². The van der Waals surface area contributed by atoms with Crippen LogP contribution in [0.15, 0.2) is 146 Å². The van der Waals surface area contributed by atoms with Gasteiger partial charge < -0.3 is 14.2 Å². The van der Waals surface area contributed by atoms with E-state index < -0.39 is 6.10 Å². The minimum atomic E-state index is -0.831. The molecule has 0 aliphatic carbocycles. The highest BCUT2D eigenvalue weighted by Gasteiger charge is 2.19. The zero-order valence-electron chi connectivity index (χ0n) is 41.9. The van der Waals surface area contributed by atoms with Crippen LogP contribution in [0.1, 0.15) is 194 Å². The molecule has 0 aliphatic heterocycles. The number of carbonyl (C=O) groups excluding carboxylic acids is 3. The molecule has 0 aromatic carbocycles. The van der Waals surface area contributed by atoms with Gasteiger partial charge in [-0.05, 0) is 116 Å². The first-order valence-corrected chi connectivity index (χ1v) is 25.9. The Kier molecular flexibility index (Phi) is 49.1. The molecule has 0 amide bonds. The molecule has 0 bridgehead atoms. The summed E-state index contributed by atoms with van der Waals surface area (Å²) in [5, 5.41) is 0. The van der Waals surface area contributed by atoms with E-state index in [0.29, 0.717) is 12.8 Å². The molecule has 0 saturated carbocycles. The van der Waals surface area contributed by atoms with E-state index in [0.717, 1.165) is 128 Å². The van der Waals surface area contributed by atoms with Gasteiger partial charge in [-0.3, -0.25) is 14.4 Å². The van der Waals surface area contributed by atoms with Crippen LogP contribution in [0.4, 0.5) is 0 Å². The molecule has 0 saturated heterocycles. The number of esters is 3. The number of hydrogen-bond donors (Lipinski definition) is 0. The lowest BCUT2D eigenvalue weighted by Gasteiger charge is -2.18. The fourth-order valence-corrected chi connectivity index (χ4v) is 6.33. The van der Waals surface area contributed by atoms with Gasteiger partial charge in [0.1, 0.15) is 13.2 Å². The Hall–Kier alpha value is -4.71. The van der Waals surface area contributed by atoms with Crippen LogP contribution in [0.5, 0.6) is 0 Å². The molecule has 0 fully saturated rings. The molecule has 1 atom stereocenters. The minimum Gasteiger partial charge on any atom is -0.462 e. The Bertz CT molecular complexity index is 1510. The van der Waals surface area contributed by atoms with Gasteiger partial charge >= 0.3 is 17.9 Å². The van der Waals surface area contributed by atoms with E-state index in [2.05, 4.69) is 167 Å². The van der Waals surface area contributed by atoms with Crippen LogP contribution >= 0.6 is 0 Å². The highest BCUT2D eigenvalue weighted by molar-refractivity contribution is 5.71. The number of unbranched alkanes of at least 4 members (excludes halogenated alkanes) is 12. The summed E-state index contributed by atoms with van der Waals surface area (Å²) in [6.07, 6.45) is 75.5. The van der Waals surface area contributed by atoms with Crippen molar-refractivity contribution in [3.63, 3.8) is 0 Å². The summed E-state index contributed by atoms with van der Waals surface area (Å²) in [6.45, 7) is 6.24. The van der Waals surface area contributed by atoms with Crippen LogP contribution in [0.2, 0.25) is 0 Å². The van der Waals surface area contributed by atoms with Crippen LogP contribution in [-0.2, 0) is 28.6 Å². The Balaban J connectivity index is 4.56. The summed E-state index contributed by atoms with van der Waals surface area (Å²) in [5.74, 6) is -1.05. The van der Waals surface area contributed by atoms with Crippen LogP contribution in [0.3, 0.4) is 0 Å². The first-order chi connectivity index (χ1) is 32.5. The smallest absolute Gasteiger partial charge is 0.306 e. The number of ether oxygens (including phenoxy) is 3. The van der Waals surface area contributed by atoms with Gasteiger partial charge in [-0.25, -0.2) is 0 Å². The standard InChI is InChI=1S/C60H92O6/c1-4-7-10-13-16-19-22-24-26-28-30-32-33-35-38-41-44-47-50-53-59(62)65-56-57(55-64-58(61)52-49-46-43-40-37-21-18-15-12-9-6-3)66-60(63)54-51-48-45-42-39-36-34-31-29-27-25-23-20-17-14-11-8-5-2/h7,9-10,12,16-21,23-27,29-32,34-35,38,40,43,57H,4-6,8,11,13-15,22,28,33,36-37,39,41-42,44-56H2,1-3H3/b10-7-,12-9-,19-16-,20-17-,21-18-,25-23-,26-24-,29-27-,32-30-,34-31-,38-35-,43-40-.